The van der Waals surface area contributed by atoms with Gasteiger partial charge in [-0.05, 0) is 45.7 Å². The van der Waals surface area contributed by atoms with Gasteiger partial charge in [0, 0.05) is 6.04 Å². The summed E-state index contributed by atoms with van der Waals surface area (Å²) in [5, 5.41) is 0. The van der Waals surface area contributed by atoms with Gasteiger partial charge in [0.25, 0.3) is 0 Å². The minimum absolute atomic E-state index is 0.774. The molecule has 64 valence electrons. The molecule has 1 unspecified atom stereocenters. The topological polar surface area (TPSA) is 3.24 Å². The molecule has 11 heavy (non-hydrogen) atoms. The first kappa shape index (κ1) is 8.79. The summed E-state index contributed by atoms with van der Waals surface area (Å²) in [6.45, 7) is 8.70. The fraction of sp³-hybridized carbons (Fsp3) is 0.800. The predicted octanol–water partition coefficient (Wildman–Crippen LogP) is 2.44. The van der Waals surface area contributed by atoms with Crippen LogP contribution in [0.4, 0.5) is 0 Å². The van der Waals surface area contributed by atoms with Gasteiger partial charge in [-0.25, -0.2) is 0 Å². The fourth-order valence-electron chi connectivity index (χ4n) is 1.72. The first-order chi connectivity index (χ1) is 5.34. The molecule has 1 atom stereocenters. The molecule has 0 bridgehead atoms. The van der Waals surface area contributed by atoms with Crippen molar-refractivity contribution in [1.82, 2.24) is 4.90 Å². The number of likely N-dealkylation sites (tertiary alicyclic amines) is 1. The van der Waals surface area contributed by atoms with Gasteiger partial charge in [-0.3, -0.25) is 0 Å². The molecule has 0 aliphatic carbocycles. The highest BCUT2D eigenvalue weighted by Crippen LogP contribution is 2.14. The summed E-state index contributed by atoms with van der Waals surface area (Å²) < 4.78 is 0. The average molecular weight is 153 g/mol. The Labute approximate surface area is 70.1 Å². The third-order valence-corrected chi connectivity index (χ3v) is 2.55. The lowest BCUT2D eigenvalue weighted by molar-refractivity contribution is 0.248. The molecule has 1 aliphatic heterocycles. The monoisotopic (exact) mass is 153 g/mol. The smallest absolute Gasteiger partial charge is 0.00698 e. The highest BCUT2D eigenvalue weighted by atomic mass is 15.2. The molecule has 0 amide bonds. The number of nitrogens with zero attached hydrogens (tertiary/aromatic N) is 1. The summed E-state index contributed by atoms with van der Waals surface area (Å²) >= 11 is 0. The van der Waals surface area contributed by atoms with Crippen LogP contribution in [0.2, 0.25) is 0 Å². The van der Waals surface area contributed by atoms with E-state index in [0.29, 0.717) is 0 Å². The van der Waals surface area contributed by atoms with Crippen molar-refractivity contribution in [3.63, 3.8) is 0 Å². The van der Waals surface area contributed by atoms with E-state index in [1.165, 1.54) is 32.4 Å². The van der Waals surface area contributed by atoms with Gasteiger partial charge in [0.2, 0.25) is 0 Å². The zero-order valence-electron chi connectivity index (χ0n) is 7.55. The molecule has 0 N–H and O–H groups in total. The maximum Gasteiger partial charge on any atom is 0.00698 e. The van der Waals surface area contributed by atoms with Gasteiger partial charge in [0.1, 0.15) is 0 Å². The van der Waals surface area contributed by atoms with E-state index in [-0.39, 0.29) is 0 Å². The zero-order chi connectivity index (χ0) is 8.10. The predicted molar refractivity (Wildman–Crippen MR) is 49.7 cm³/mol. The molecule has 0 aromatic heterocycles. The van der Waals surface area contributed by atoms with Gasteiger partial charge >= 0.3 is 0 Å². The maximum absolute atomic E-state index is 3.74. The van der Waals surface area contributed by atoms with E-state index in [4.69, 9.17) is 0 Å². The van der Waals surface area contributed by atoms with E-state index in [0.717, 1.165) is 12.5 Å². The molecule has 1 fully saturated rings. The van der Waals surface area contributed by atoms with E-state index >= 15 is 0 Å². The number of hydrogen-bond acceptors (Lipinski definition) is 1. The second-order valence-corrected chi connectivity index (χ2v) is 3.46. The first-order valence-corrected chi connectivity index (χ1v) is 4.69. The van der Waals surface area contributed by atoms with Crippen LogP contribution in [0.3, 0.4) is 0 Å². The summed E-state index contributed by atoms with van der Waals surface area (Å²) in [4.78, 5) is 2.59. The van der Waals surface area contributed by atoms with Gasteiger partial charge < -0.3 is 4.90 Å². The largest absolute Gasteiger partial charge is 0.301 e. The van der Waals surface area contributed by atoms with Crippen LogP contribution in [0.5, 0.6) is 0 Å². The minimum Gasteiger partial charge on any atom is -0.301 e. The Balaban J connectivity index is 2.16. The van der Waals surface area contributed by atoms with Crippen molar-refractivity contribution in [3.05, 3.63) is 12.7 Å². The third kappa shape index (κ3) is 2.66. The molecule has 1 heteroatoms. The quantitative estimate of drug-likeness (QED) is 0.561. The van der Waals surface area contributed by atoms with Crippen LogP contribution in [-0.4, -0.2) is 24.0 Å². The number of allylic oxidation sites excluding steroid dienone is 1. The van der Waals surface area contributed by atoms with Crippen molar-refractivity contribution in [3.8, 4) is 0 Å². The fourth-order valence-corrected chi connectivity index (χ4v) is 1.72. The highest BCUT2D eigenvalue weighted by molar-refractivity contribution is 4.76. The summed E-state index contributed by atoms with van der Waals surface area (Å²) in [6.07, 6.45) is 7.27. The van der Waals surface area contributed by atoms with Crippen molar-refractivity contribution in [2.75, 3.05) is 13.1 Å². The standard InChI is InChI=1S/C10H19N/c1-3-4-7-10(2)11-8-5-6-9-11/h3,10H,1,4-9H2,2H3. The van der Waals surface area contributed by atoms with Crippen LogP contribution < -0.4 is 0 Å². The van der Waals surface area contributed by atoms with Crippen LogP contribution in [0.15, 0.2) is 12.7 Å². The summed E-state index contributed by atoms with van der Waals surface area (Å²) in [5.41, 5.74) is 0. The summed E-state index contributed by atoms with van der Waals surface area (Å²) in [7, 11) is 0. The normalized spacial score (nSPS) is 21.9. The lowest BCUT2D eigenvalue weighted by Gasteiger charge is -2.22. The Bertz CT molecular complexity index is 114. The molecular weight excluding hydrogens is 134 g/mol. The SMILES string of the molecule is C=CCCC(C)N1CCCC1. The van der Waals surface area contributed by atoms with Crippen LogP contribution in [-0.2, 0) is 0 Å². The van der Waals surface area contributed by atoms with Crippen molar-refractivity contribution in [2.24, 2.45) is 0 Å². The maximum atomic E-state index is 3.74. The van der Waals surface area contributed by atoms with E-state index < -0.39 is 0 Å². The third-order valence-electron chi connectivity index (χ3n) is 2.55. The highest BCUT2D eigenvalue weighted by Gasteiger charge is 2.16. The van der Waals surface area contributed by atoms with Crippen LogP contribution in [0.1, 0.15) is 32.6 Å². The van der Waals surface area contributed by atoms with Crippen LogP contribution in [0, 0.1) is 0 Å². The molecular formula is C10H19N. The molecule has 0 radical (unpaired) electrons. The van der Waals surface area contributed by atoms with E-state index in [9.17, 15) is 0 Å². The van der Waals surface area contributed by atoms with E-state index in [2.05, 4.69) is 18.4 Å². The lowest BCUT2D eigenvalue weighted by Crippen LogP contribution is -2.29. The van der Waals surface area contributed by atoms with E-state index in [1.807, 2.05) is 6.08 Å². The Morgan fingerprint density at radius 3 is 2.64 bits per heavy atom. The Morgan fingerprint density at radius 2 is 2.09 bits per heavy atom. The number of rotatable bonds is 4. The minimum atomic E-state index is 0.774. The van der Waals surface area contributed by atoms with Gasteiger partial charge in [-0.15, -0.1) is 6.58 Å². The van der Waals surface area contributed by atoms with Crippen LogP contribution >= 0.6 is 0 Å². The molecule has 1 nitrogen and oxygen atoms in total. The molecule has 1 saturated heterocycles. The van der Waals surface area contributed by atoms with Crippen molar-refractivity contribution in [2.45, 2.75) is 38.6 Å². The van der Waals surface area contributed by atoms with Crippen molar-refractivity contribution < 1.29 is 0 Å². The van der Waals surface area contributed by atoms with Gasteiger partial charge in [0.15, 0.2) is 0 Å². The summed E-state index contributed by atoms with van der Waals surface area (Å²) in [6, 6.07) is 0.774. The first-order valence-electron chi connectivity index (χ1n) is 4.69. The molecule has 0 saturated carbocycles. The molecule has 1 heterocycles. The van der Waals surface area contributed by atoms with Crippen LogP contribution in [0.25, 0.3) is 0 Å². The van der Waals surface area contributed by atoms with Gasteiger partial charge in [0.05, 0.1) is 0 Å². The molecule has 0 aromatic carbocycles. The lowest BCUT2D eigenvalue weighted by atomic mass is 10.1. The Hall–Kier alpha value is -0.300. The second-order valence-electron chi connectivity index (χ2n) is 3.46. The average Bonchev–Trinajstić information content (AvgIpc) is 2.52. The van der Waals surface area contributed by atoms with Crippen molar-refractivity contribution in [1.29, 1.82) is 0 Å². The molecule has 1 aliphatic rings. The van der Waals surface area contributed by atoms with Gasteiger partial charge in [-0.2, -0.15) is 0 Å². The Kier molecular flexibility index (Phi) is 3.64. The second kappa shape index (κ2) is 4.55. The van der Waals surface area contributed by atoms with Gasteiger partial charge in [-0.1, -0.05) is 6.08 Å². The van der Waals surface area contributed by atoms with E-state index in [1.54, 1.807) is 0 Å². The van der Waals surface area contributed by atoms with Crippen molar-refractivity contribution >= 4 is 0 Å². The summed E-state index contributed by atoms with van der Waals surface area (Å²) in [5.74, 6) is 0. The zero-order valence-corrected chi connectivity index (χ0v) is 7.55. The molecule has 0 spiro atoms. The molecule has 1 rings (SSSR count). The molecule has 0 aromatic rings. The Morgan fingerprint density at radius 1 is 1.45 bits per heavy atom. The number of hydrogen-bond donors (Lipinski definition) is 0.